The lowest BCUT2D eigenvalue weighted by Crippen LogP contribution is -2.40. The summed E-state index contributed by atoms with van der Waals surface area (Å²) in [6.45, 7) is 3.04. The van der Waals surface area contributed by atoms with Crippen molar-refractivity contribution in [1.82, 2.24) is 35.5 Å². The monoisotopic (exact) mass is 394 g/mol. The van der Waals surface area contributed by atoms with E-state index in [1.807, 2.05) is 18.2 Å². The van der Waals surface area contributed by atoms with Gasteiger partial charge in [0.15, 0.2) is 11.5 Å². The first kappa shape index (κ1) is 19.3. The van der Waals surface area contributed by atoms with E-state index in [1.165, 1.54) is 10.2 Å². The predicted octanol–water partition coefficient (Wildman–Crippen LogP) is 1.11. The zero-order valence-corrected chi connectivity index (χ0v) is 16.8. The fourth-order valence-corrected chi connectivity index (χ4v) is 3.72. The Morgan fingerprint density at radius 2 is 1.97 bits per heavy atom. The predicted molar refractivity (Wildman–Crippen MR) is 109 cm³/mol. The number of nitrogens with one attached hydrogen (secondary N) is 1. The molecule has 1 amide bonds. The topological polar surface area (TPSA) is 91.5 Å². The molecule has 4 rings (SSSR count). The molecule has 0 unspecified atom stereocenters. The van der Waals surface area contributed by atoms with E-state index in [0.29, 0.717) is 12.2 Å². The quantitative estimate of drug-likeness (QED) is 0.670. The first-order chi connectivity index (χ1) is 14.1. The molecule has 0 bridgehead atoms. The van der Waals surface area contributed by atoms with Crippen LogP contribution in [0.5, 0.6) is 0 Å². The molecule has 0 aliphatic carbocycles. The average molecular weight is 394 g/mol. The molecule has 1 N–H and O–H groups in total. The van der Waals surface area contributed by atoms with Crippen LogP contribution in [0.2, 0.25) is 0 Å². The number of piperidine rings is 1. The lowest BCUT2D eigenvalue weighted by molar-refractivity contribution is -0.125. The molecule has 0 saturated carbocycles. The molecule has 152 valence electrons. The van der Waals surface area contributed by atoms with Crippen molar-refractivity contribution in [3.63, 3.8) is 0 Å². The second-order valence-corrected chi connectivity index (χ2v) is 7.75. The summed E-state index contributed by atoms with van der Waals surface area (Å²) < 4.78 is 1.43. The Hall–Kier alpha value is -3.07. The first-order valence-corrected chi connectivity index (χ1v) is 9.89. The van der Waals surface area contributed by atoms with E-state index in [0.717, 1.165) is 43.9 Å². The maximum atomic E-state index is 12.6. The van der Waals surface area contributed by atoms with Gasteiger partial charge in [0, 0.05) is 32.1 Å². The normalized spacial score (nSPS) is 15.2. The van der Waals surface area contributed by atoms with Gasteiger partial charge in [-0.05, 0) is 60.6 Å². The molecule has 1 aliphatic rings. The lowest BCUT2D eigenvalue weighted by atomic mass is 9.96. The third kappa shape index (κ3) is 4.68. The van der Waals surface area contributed by atoms with Gasteiger partial charge in [-0.25, -0.2) is 0 Å². The summed E-state index contributed by atoms with van der Waals surface area (Å²) in [6, 6.07) is 12.2. The van der Waals surface area contributed by atoms with E-state index in [9.17, 15) is 4.79 Å². The Balaban J connectivity index is 1.29. The highest BCUT2D eigenvalue weighted by Gasteiger charge is 2.25. The zero-order valence-electron chi connectivity index (χ0n) is 16.8. The number of fused-ring (bicyclic) bond motifs is 1. The Kier molecular flexibility index (Phi) is 5.66. The highest BCUT2D eigenvalue weighted by Crippen LogP contribution is 2.22. The van der Waals surface area contributed by atoms with E-state index in [1.54, 1.807) is 0 Å². The standard InChI is InChI=1S/C20H26N8O/c1-26(2)14-16-5-3-4-15(12-16)13-21-20(29)17-8-10-27(11-9-17)19-7-6-18-22-24-25-28(18)23-19/h3-7,12,17H,8-11,13-14H2,1-2H3,(H,21,29). The first-order valence-electron chi connectivity index (χ1n) is 9.89. The molecule has 29 heavy (non-hydrogen) atoms. The van der Waals surface area contributed by atoms with Crippen molar-refractivity contribution >= 4 is 17.4 Å². The van der Waals surface area contributed by atoms with Crippen LogP contribution in [0.25, 0.3) is 5.65 Å². The van der Waals surface area contributed by atoms with Gasteiger partial charge in [-0.15, -0.1) is 14.8 Å². The van der Waals surface area contributed by atoms with Crippen LogP contribution in [-0.2, 0) is 17.9 Å². The third-order valence-electron chi connectivity index (χ3n) is 5.20. The molecule has 1 saturated heterocycles. The lowest BCUT2D eigenvalue weighted by Gasteiger charge is -2.31. The molecule has 0 radical (unpaired) electrons. The zero-order chi connectivity index (χ0) is 20.2. The second-order valence-electron chi connectivity index (χ2n) is 7.75. The molecule has 3 heterocycles. The minimum Gasteiger partial charge on any atom is -0.355 e. The van der Waals surface area contributed by atoms with E-state index in [2.05, 4.69) is 68.0 Å². The van der Waals surface area contributed by atoms with Gasteiger partial charge in [0.25, 0.3) is 0 Å². The molecule has 9 heteroatoms. The second kappa shape index (κ2) is 8.52. The smallest absolute Gasteiger partial charge is 0.223 e. The van der Waals surface area contributed by atoms with E-state index in [-0.39, 0.29) is 11.8 Å². The Morgan fingerprint density at radius 3 is 2.76 bits per heavy atom. The Morgan fingerprint density at radius 1 is 1.17 bits per heavy atom. The fraction of sp³-hybridized carbons (Fsp3) is 0.450. The molecule has 3 aromatic rings. The van der Waals surface area contributed by atoms with E-state index in [4.69, 9.17) is 0 Å². The summed E-state index contributed by atoms with van der Waals surface area (Å²) in [6.07, 6.45) is 1.61. The van der Waals surface area contributed by atoms with Crippen LogP contribution in [-0.4, -0.2) is 63.2 Å². The van der Waals surface area contributed by atoms with E-state index >= 15 is 0 Å². The summed E-state index contributed by atoms with van der Waals surface area (Å²) in [7, 11) is 4.11. The Bertz CT molecular complexity index is 977. The molecule has 9 nitrogen and oxygen atoms in total. The summed E-state index contributed by atoms with van der Waals surface area (Å²) in [5.41, 5.74) is 3.01. The van der Waals surface area contributed by atoms with Crippen LogP contribution in [0.15, 0.2) is 36.4 Å². The van der Waals surface area contributed by atoms with Gasteiger partial charge in [-0.3, -0.25) is 4.79 Å². The van der Waals surface area contributed by atoms with Crippen LogP contribution in [0.3, 0.4) is 0 Å². The van der Waals surface area contributed by atoms with Gasteiger partial charge in [-0.2, -0.15) is 0 Å². The molecule has 1 fully saturated rings. The average Bonchev–Trinajstić information content (AvgIpc) is 3.20. The molecular weight excluding hydrogens is 368 g/mol. The van der Waals surface area contributed by atoms with Crippen LogP contribution in [0.4, 0.5) is 5.82 Å². The van der Waals surface area contributed by atoms with Crippen molar-refractivity contribution in [3.8, 4) is 0 Å². The van der Waals surface area contributed by atoms with Crippen LogP contribution < -0.4 is 10.2 Å². The van der Waals surface area contributed by atoms with Crippen LogP contribution >= 0.6 is 0 Å². The SMILES string of the molecule is CN(C)Cc1cccc(CNC(=O)C2CCN(c3ccc4nnnn4n3)CC2)c1. The van der Waals surface area contributed by atoms with Gasteiger partial charge in [-0.1, -0.05) is 24.3 Å². The number of anilines is 1. The minimum absolute atomic E-state index is 0.0352. The number of carbonyl (C=O) groups is 1. The fourth-order valence-electron chi connectivity index (χ4n) is 3.72. The summed E-state index contributed by atoms with van der Waals surface area (Å²) >= 11 is 0. The van der Waals surface area contributed by atoms with Crippen molar-refractivity contribution < 1.29 is 4.79 Å². The molecule has 1 aliphatic heterocycles. The van der Waals surface area contributed by atoms with Crippen molar-refractivity contribution in [2.24, 2.45) is 5.92 Å². The van der Waals surface area contributed by atoms with Gasteiger partial charge in [0.1, 0.15) is 0 Å². The number of rotatable bonds is 6. The molecule has 1 aromatic carbocycles. The summed E-state index contributed by atoms with van der Waals surface area (Å²) in [5, 5.41) is 18.9. The summed E-state index contributed by atoms with van der Waals surface area (Å²) in [4.78, 5) is 16.9. The van der Waals surface area contributed by atoms with E-state index < -0.39 is 0 Å². The number of tetrazole rings is 1. The van der Waals surface area contributed by atoms with Crippen LogP contribution in [0, 0.1) is 5.92 Å². The maximum Gasteiger partial charge on any atom is 0.223 e. The molecular formula is C20H26N8O. The van der Waals surface area contributed by atoms with Crippen molar-refractivity contribution in [3.05, 3.63) is 47.5 Å². The number of carbonyl (C=O) groups excluding carboxylic acids is 1. The largest absolute Gasteiger partial charge is 0.355 e. The molecule has 0 spiro atoms. The van der Waals surface area contributed by atoms with Gasteiger partial charge < -0.3 is 15.1 Å². The summed E-state index contributed by atoms with van der Waals surface area (Å²) in [5.74, 6) is 1.00. The highest BCUT2D eigenvalue weighted by atomic mass is 16.1. The van der Waals surface area contributed by atoms with Gasteiger partial charge >= 0.3 is 0 Å². The Labute approximate surface area is 169 Å². The number of hydrogen-bond donors (Lipinski definition) is 1. The molecule has 2 aromatic heterocycles. The minimum atomic E-state index is 0.0352. The van der Waals surface area contributed by atoms with Crippen molar-refractivity contribution in [2.45, 2.75) is 25.9 Å². The number of aromatic nitrogens is 5. The number of nitrogens with zero attached hydrogens (tertiary/aromatic N) is 7. The van der Waals surface area contributed by atoms with Crippen molar-refractivity contribution in [2.75, 3.05) is 32.1 Å². The van der Waals surface area contributed by atoms with Crippen LogP contribution in [0.1, 0.15) is 24.0 Å². The number of amides is 1. The number of benzene rings is 1. The highest BCUT2D eigenvalue weighted by molar-refractivity contribution is 5.79. The third-order valence-corrected chi connectivity index (χ3v) is 5.20. The number of hydrogen-bond acceptors (Lipinski definition) is 7. The maximum absolute atomic E-state index is 12.6. The van der Waals surface area contributed by atoms with Crippen molar-refractivity contribution in [1.29, 1.82) is 0 Å². The van der Waals surface area contributed by atoms with Gasteiger partial charge in [0.05, 0.1) is 0 Å². The van der Waals surface area contributed by atoms with Gasteiger partial charge in [0.2, 0.25) is 5.91 Å². The molecule has 0 atom stereocenters.